The Labute approximate surface area is 132 Å². The Balaban J connectivity index is 0. The van der Waals surface area contributed by atoms with Crippen LogP contribution in [-0.4, -0.2) is 68.4 Å². The van der Waals surface area contributed by atoms with Crippen LogP contribution in [0.25, 0.3) is 0 Å². The second-order valence-corrected chi connectivity index (χ2v) is 4.73. The van der Waals surface area contributed by atoms with Gasteiger partial charge in [-0.15, -0.1) is 0 Å². The van der Waals surface area contributed by atoms with Gasteiger partial charge in [-0.25, -0.2) is 9.59 Å². The highest BCUT2D eigenvalue weighted by molar-refractivity contribution is 5.91. The number of aliphatic carboxylic acids is 3. The fourth-order valence-corrected chi connectivity index (χ4v) is 1.22. The van der Waals surface area contributed by atoms with Gasteiger partial charge in [-0.3, -0.25) is 4.79 Å². The second kappa shape index (κ2) is 12.3. The van der Waals surface area contributed by atoms with Gasteiger partial charge in [0.25, 0.3) is 0 Å². The molecule has 9 heteroatoms. The van der Waals surface area contributed by atoms with Crippen molar-refractivity contribution >= 4 is 17.9 Å². The van der Waals surface area contributed by atoms with Gasteiger partial charge in [0.2, 0.25) is 0 Å². The fourth-order valence-electron chi connectivity index (χ4n) is 1.22. The van der Waals surface area contributed by atoms with Gasteiger partial charge in [0.1, 0.15) is 0 Å². The Bertz CT molecular complexity index is 427. The maximum atomic E-state index is 10.1. The van der Waals surface area contributed by atoms with Crippen molar-refractivity contribution in [2.75, 3.05) is 19.8 Å². The third-order valence-electron chi connectivity index (χ3n) is 2.78. The van der Waals surface area contributed by atoms with Crippen LogP contribution in [0.15, 0.2) is 24.3 Å². The van der Waals surface area contributed by atoms with E-state index in [1.165, 1.54) is 6.08 Å². The van der Waals surface area contributed by atoms with Crippen LogP contribution in [0.4, 0.5) is 0 Å². The molecular weight excluding hydrogens is 312 g/mol. The molecule has 0 saturated heterocycles. The summed E-state index contributed by atoms with van der Waals surface area (Å²) in [4.78, 5) is 29.8. The average Bonchev–Trinajstić information content (AvgIpc) is 2.48. The zero-order valence-electron chi connectivity index (χ0n) is 12.5. The number of hydrogen-bond acceptors (Lipinski definition) is 6. The average molecular weight is 334 g/mol. The van der Waals surface area contributed by atoms with E-state index in [2.05, 4.69) is 6.58 Å². The van der Waals surface area contributed by atoms with Crippen LogP contribution >= 0.6 is 0 Å². The molecular formula is C14H22O9. The SMILES string of the molecule is C=C(CC(=O)O)C(=O)O.O=C(O)C=CCCC(CO)(CO)CO. The quantitative estimate of drug-likeness (QED) is 0.287. The van der Waals surface area contributed by atoms with E-state index < -0.39 is 29.7 Å². The molecule has 0 aliphatic heterocycles. The maximum absolute atomic E-state index is 10.1. The topological polar surface area (TPSA) is 173 Å². The summed E-state index contributed by atoms with van der Waals surface area (Å²) in [6.45, 7) is 2.06. The Morgan fingerprint density at radius 1 is 0.957 bits per heavy atom. The predicted molar refractivity (Wildman–Crippen MR) is 78.7 cm³/mol. The highest BCUT2D eigenvalue weighted by Crippen LogP contribution is 2.21. The largest absolute Gasteiger partial charge is 0.481 e. The zero-order chi connectivity index (χ0) is 18.5. The molecule has 0 unspecified atom stereocenters. The minimum Gasteiger partial charge on any atom is -0.481 e. The van der Waals surface area contributed by atoms with Crippen molar-refractivity contribution in [3.63, 3.8) is 0 Å². The smallest absolute Gasteiger partial charge is 0.331 e. The minimum absolute atomic E-state index is 0.303. The summed E-state index contributed by atoms with van der Waals surface area (Å²) < 4.78 is 0. The van der Waals surface area contributed by atoms with E-state index in [1.807, 2.05) is 0 Å². The highest BCUT2D eigenvalue weighted by Gasteiger charge is 2.26. The van der Waals surface area contributed by atoms with Crippen molar-refractivity contribution in [3.05, 3.63) is 24.3 Å². The van der Waals surface area contributed by atoms with E-state index in [0.717, 1.165) is 6.08 Å². The standard InChI is InChI=1S/C9H16O5.C5H6O4/c10-5-9(6-11,7-12)4-2-1-3-8(13)14;1-3(5(8)9)2-4(6)7/h1,3,10-12H,2,4-7H2,(H,13,14);1-2H2,(H,6,7)(H,8,9). The number of allylic oxidation sites excluding steroid dienone is 1. The lowest BCUT2D eigenvalue weighted by Crippen LogP contribution is -2.33. The summed E-state index contributed by atoms with van der Waals surface area (Å²) >= 11 is 0. The van der Waals surface area contributed by atoms with Crippen LogP contribution in [0.5, 0.6) is 0 Å². The first-order valence-corrected chi connectivity index (χ1v) is 6.49. The van der Waals surface area contributed by atoms with Gasteiger partial charge < -0.3 is 30.6 Å². The predicted octanol–water partition coefficient (Wildman–Crippen LogP) is -0.527. The monoisotopic (exact) mass is 334 g/mol. The first kappa shape index (κ1) is 23.0. The van der Waals surface area contributed by atoms with Gasteiger partial charge in [0, 0.05) is 17.1 Å². The molecule has 0 aromatic carbocycles. The lowest BCUT2D eigenvalue weighted by molar-refractivity contribution is -0.139. The van der Waals surface area contributed by atoms with Crippen LogP contribution in [0.1, 0.15) is 19.3 Å². The van der Waals surface area contributed by atoms with E-state index in [9.17, 15) is 14.4 Å². The molecule has 0 fully saturated rings. The van der Waals surface area contributed by atoms with Crippen LogP contribution in [0.2, 0.25) is 0 Å². The maximum Gasteiger partial charge on any atom is 0.331 e. The molecule has 0 radical (unpaired) electrons. The first-order valence-electron chi connectivity index (χ1n) is 6.49. The Hall–Kier alpha value is -2.23. The summed E-state index contributed by atoms with van der Waals surface area (Å²) in [6, 6.07) is 0. The van der Waals surface area contributed by atoms with E-state index in [4.69, 9.17) is 30.6 Å². The van der Waals surface area contributed by atoms with E-state index >= 15 is 0 Å². The molecule has 0 rings (SSSR count). The Morgan fingerprint density at radius 2 is 1.43 bits per heavy atom. The second-order valence-electron chi connectivity index (χ2n) is 4.73. The van der Waals surface area contributed by atoms with Crippen molar-refractivity contribution in [2.24, 2.45) is 5.41 Å². The lowest BCUT2D eigenvalue weighted by atomic mass is 9.86. The summed E-state index contributed by atoms with van der Waals surface area (Å²) in [5.74, 6) is -3.48. The van der Waals surface area contributed by atoms with Crippen molar-refractivity contribution in [1.82, 2.24) is 0 Å². The van der Waals surface area contributed by atoms with Crippen LogP contribution in [-0.2, 0) is 14.4 Å². The molecule has 0 aromatic heterocycles. The van der Waals surface area contributed by atoms with Crippen molar-refractivity contribution in [1.29, 1.82) is 0 Å². The highest BCUT2D eigenvalue weighted by atomic mass is 16.4. The zero-order valence-corrected chi connectivity index (χ0v) is 12.5. The Morgan fingerprint density at radius 3 is 1.70 bits per heavy atom. The van der Waals surface area contributed by atoms with Crippen molar-refractivity contribution in [3.8, 4) is 0 Å². The van der Waals surface area contributed by atoms with Gasteiger partial charge in [-0.2, -0.15) is 0 Å². The molecule has 0 spiro atoms. The third kappa shape index (κ3) is 12.0. The molecule has 0 aliphatic rings. The number of aliphatic hydroxyl groups excluding tert-OH is 3. The molecule has 0 bridgehead atoms. The molecule has 9 nitrogen and oxygen atoms in total. The van der Waals surface area contributed by atoms with Crippen LogP contribution in [0, 0.1) is 5.41 Å². The molecule has 0 aromatic rings. The number of aliphatic hydroxyl groups is 3. The van der Waals surface area contributed by atoms with E-state index in [-0.39, 0.29) is 25.4 Å². The number of rotatable bonds is 10. The number of carboxylic acids is 3. The van der Waals surface area contributed by atoms with Gasteiger partial charge >= 0.3 is 17.9 Å². The van der Waals surface area contributed by atoms with Gasteiger partial charge in [0.05, 0.1) is 26.2 Å². The van der Waals surface area contributed by atoms with Gasteiger partial charge in [-0.1, -0.05) is 12.7 Å². The summed E-state index contributed by atoms with van der Waals surface area (Å²) in [5, 5.41) is 51.1. The normalized spacial score (nSPS) is 10.7. The molecule has 0 saturated carbocycles. The summed E-state index contributed by atoms with van der Waals surface area (Å²) in [6.07, 6.45) is 2.67. The molecule has 0 amide bonds. The number of carboxylic acid groups (broad SMARTS) is 3. The lowest BCUT2D eigenvalue weighted by Gasteiger charge is -2.26. The number of hydrogen-bond donors (Lipinski definition) is 6. The van der Waals surface area contributed by atoms with Gasteiger partial charge in [0.15, 0.2) is 0 Å². The van der Waals surface area contributed by atoms with E-state index in [0.29, 0.717) is 12.8 Å². The molecule has 6 N–H and O–H groups in total. The van der Waals surface area contributed by atoms with Crippen LogP contribution in [0.3, 0.4) is 0 Å². The first-order chi connectivity index (χ1) is 10.6. The van der Waals surface area contributed by atoms with E-state index in [1.54, 1.807) is 0 Å². The molecule has 23 heavy (non-hydrogen) atoms. The molecule has 0 heterocycles. The van der Waals surface area contributed by atoms with Crippen LogP contribution < -0.4 is 0 Å². The molecule has 0 aliphatic carbocycles. The minimum atomic E-state index is -1.27. The molecule has 132 valence electrons. The summed E-state index contributed by atoms with van der Waals surface area (Å²) in [7, 11) is 0. The van der Waals surface area contributed by atoms with Gasteiger partial charge in [-0.05, 0) is 12.8 Å². The third-order valence-corrected chi connectivity index (χ3v) is 2.78. The fraction of sp³-hybridized carbons (Fsp3) is 0.500. The van der Waals surface area contributed by atoms with Crippen molar-refractivity contribution < 1.29 is 45.0 Å². The molecule has 0 atom stereocenters. The van der Waals surface area contributed by atoms with Crippen molar-refractivity contribution in [2.45, 2.75) is 19.3 Å². The number of carbonyl (C=O) groups is 3. The Kier molecular flexibility index (Phi) is 12.4. The summed E-state index contributed by atoms with van der Waals surface area (Å²) in [5.41, 5.74) is -1.22.